The highest BCUT2D eigenvalue weighted by Crippen LogP contribution is 2.36. The molecular formula is C10H8BrNO5. The predicted octanol–water partition coefficient (Wildman–Crippen LogP) is 1.45. The van der Waals surface area contributed by atoms with Gasteiger partial charge in [0.2, 0.25) is 0 Å². The number of ether oxygens (including phenoxy) is 1. The van der Waals surface area contributed by atoms with Gasteiger partial charge in [-0.25, -0.2) is 5.26 Å². The van der Waals surface area contributed by atoms with Gasteiger partial charge in [0.15, 0.2) is 23.9 Å². The van der Waals surface area contributed by atoms with E-state index in [-0.39, 0.29) is 40.7 Å². The number of anilines is 1. The Labute approximate surface area is 105 Å². The summed E-state index contributed by atoms with van der Waals surface area (Å²) in [6.07, 6.45) is 0. The van der Waals surface area contributed by atoms with Gasteiger partial charge < -0.3 is 14.9 Å². The molecule has 1 heterocycles. The van der Waals surface area contributed by atoms with Crippen molar-refractivity contribution in [2.24, 2.45) is 0 Å². The lowest BCUT2D eigenvalue weighted by atomic mass is 10.1. The Morgan fingerprint density at radius 1 is 1.59 bits per heavy atom. The topological polar surface area (TPSA) is 84.9 Å². The molecule has 0 aliphatic carbocycles. The molecule has 1 aliphatic heterocycles. The van der Waals surface area contributed by atoms with Crippen molar-refractivity contribution in [1.82, 2.24) is 0 Å². The van der Waals surface area contributed by atoms with Crippen LogP contribution in [0.2, 0.25) is 0 Å². The number of benzene rings is 1. The number of halogens is 1. The molecule has 1 aromatic rings. The van der Waals surface area contributed by atoms with E-state index in [4.69, 9.17) is 9.99 Å². The molecule has 0 saturated heterocycles. The number of ketones is 1. The Bertz CT molecular complexity index is 488. The fraction of sp³-hybridized carbons (Fsp3) is 0.200. The number of hydrogen-bond donors (Lipinski definition) is 2. The van der Waals surface area contributed by atoms with Gasteiger partial charge in [0, 0.05) is 6.07 Å². The lowest BCUT2D eigenvalue weighted by molar-refractivity contribution is -0.137. The second-order valence-electron chi connectivity index (χ2n) is 3.33. The Kier molecular flexibility index (Phi) is 3.30. The van der Waals surface area contributed by atoms with Crippen LogP contribution in [0.25, 0.3) is 0 Å². The van der Waals surface area contributed by atoms with Crippen LogP contribution in [-0.2, 0) is 4.79 Å². The van der Waals surface area contributed by atoms with Crippen LogP contribution in [0.5, 0.6) is 11.5 Å². The van der Waals surface area contributed by atoms with Crippen LogP contribution >= 0.6 is 15.9 Å². The Morgan fingerprint density at radius 2 is 2.35 bits per heavy atom. The quantitative estimate of drug-likeness (QED) is 0.382. The highest BCUT2D eigenvalue weighted by atomic mass is 79.9. The largest absolute Gasteiger partial charge is 0.481 e. The standard InChI is InChI=1S/C10H8BrNO5/c11-3-8(13)6-1-5(17-15)2-7-10(6)16-4-9(14)12-7/h1-2,15H,3-4H2,(H,12,14). The number of amides is 1. The SMILES string of the molecule is O=C1COc2c(cc(OO)cc2C(=O)CBr)N1. The molecule has 0 bridgehead atoms. The molecule has 2 rings (SSSR count). The second-order valence-corrected chi connectivity index (χ2v) is 3.89. The maximum atomic E-state index is 11.7. The van der Waals surface area contributed by atoms with Gasteiger partial charge in [0.05, 0.1) is 16.6 Å². The summed E-state index contributed by atoms with van der Waals surface area (Å²) in [5.41, 5.74) is 0.542. The smallest absolute Gasteiger partial charge is 0.262 e. The predicted molar refractivity (Wildman–Crippen MR) is 61.9 cm³/mol. The summed E-state index contributed by atoms with van der Waals surface area (Å²) >= 11 is 3.04. The van der Waals surface area contributed by atoms with E-state index in [1.807, 2.05) is 0 Å². The van der Waals surface area contributed by atoms with Crippen molar-refractivity contribution in [3.63, 3.8) is 0 Å². The van der Waals surface area contributed by atoms with Gasteiger partial charge in [0.25, 0.3) is 5.91 Å². The van der Waals surface area contributed by atoms with E-state index in [1.165, 1.54) is 12.1 Å². The van der Waals surface area contributed by atoms with Gasteiger partial charge in [-0.05, 0) is 6.07 Å². The first-order chi connectivity index (χ1) is 8.15. The lowest BCUT2D eigenvalue weighted by Gasteiger charge is -2.20. The third-order valence-electron chi connectivity index (χ3n) is 2.21. The van der Waals surface area contributed by atoms with E-state index in [1.54, 1.807) is 0 Å². The van der Waals surface area contributed by atoms with Crippen molar-refractivity contribution in [3.8, 4) is 11.5 Å². The molecule has 0 saturated carbocycles. The summed E-state index contributed by atoms with van der Waals surface area (Å²) in [6.45, 7) is -0.144. The fourth-order valence-corrected chi connectivity index (χ4v) is 1.81. The number of fused-ring (bicyclic) bond motifs is 1. The van der Waals surface area contributed by atoms with Gasteiger partial charge in [-0.2, -0.15) is 0 Å². The summed E-state index contributed by atoms with van der Waals surface area (Å²) < 4.78 is 5.20. The molecule has 90 valence electrons. The zero-order valence-electron chi connectivity index (χ0n) is 8.53. The summed E-state index contributed by atoms with van der Waals surface area (Å²) in [6, 6.07) is 2.72. The molecule has 1 aliphatic rings. The molecule has 0 atom stereocenters. The maximum Gasteiger partial charge on any atom is 0.262 e. The summed E-state index contributed by atoms with van der Waals surface area (Å²) in [7, 11) is 0. The van der Waals surface area contributed by atoms with Gasteiger partial charge in [-0.1, -0.05) is 15.9 Å². The van der Waals surface area contributed by atoms with Crippen LogP contribution in [0.15, 0.2) is 12.1 Å². The minimum atomic E-state index is -0.329. The number of hydrogen-bond acceptors (Lipinski definition) is 5. The number of rotatable bonds is 3. The van der Waals surface area contributed by atoms with Crippen LogP contribution in [0, 0.1) is 0 Å². The Morgan fingerprint density at radius 3 is 3.00 bits per heavy atom. The van der Waals surface area contributed by atoms with E-state index >= 15 is 0 Å². The molecule has 17 heavy (non-hydrogen) atoms. The Hall–Kier alpha value is -1.60. The van der Waals surface area contributed by atoms with Crippen LogP contribution < -0.4 is 14.9 Å². The highest BCUT2D eigenvalue weighted by Gasteiger charge is 2.24. The summed E-state index contributed by atoms with van der Waals surface area (Å²) in [5.74, 6) is -0.227. The Balaban J connectivity index is 2.54. The first-order valence-electron chi connectivity index (χ1n) is 4.67. The maximum absolute atomic E-state index is 11.7. The van der Waals surface area contributed by atoms with Gasteiger partial charge in [-0.3, -0.25) is 9.59 Å². The summed E-state index contributed by atoms with van der Waals surface area (Å²) in [5, 5.41) is 11.2. The number of alkyl halides is 1. The van der Waals surface area contributed by atoms with E-state index in [0.717, 1.165) is 0 Å². The molecule has 1 amide bonds. The number of carbonyl (C=O) groups is 2. The molecule has 1 aromatic carbocycles. The average Bonchev–Trinajstić information content (AvgIpc) is 2.35. The van der Waals surface area contributed by atoms with Gasteiger partial charge >= 0.3 is 0 Å². The van der Waals surface area contributed by atoms with Gasteiger partial charge in [0.1, 0.15) is 0 Å². The second kappa shape index (κ2) is 4.72. The molecular weight excluding hydrogens is 294 g/mol. The zero-order chi connectivity index (χ0) is 12.4. The van der Waals surface area contributed by atoms with Crippen molar-refractivity contribution in [2.75, 3.05) is 17.3 Å². The third kappa shape index (κ3) is 2.25. The molecule has 2 N–H and O–H groups in total. The van der Waals surface area contributed by atoms with Gasteiger partial charge in [-0.15, -0.1) is 0 Å². The van der Waals surface area contributed by atoms with Crippen LogP contribution in [0.1, 0.15) is 10.4 Å². The average molecular weight is 302 g/mol. The van der Waals surface area contributed by atoms with Crippen molar-refractivity contribution in [2.45, 2.75) is 0 Å². The fourth-order valence-electron chi connectivity index (χ4n) is 1.51. The zero-order valence-corrected chi connectivity index (χ0v) is 10.1. The van der Waals surface area contributed by atoms with Crippen LogP contribution in [0.3, 0.4) is 0 Å². The molecule has 0 radical (unpaired) electrons. The van der Waals surface area contributed by atoms with Crippen molar-refractivity contribution < 1.29 is 24.5 Å². The lowest BCUT2D eigenvalue weighted by Crippen LogP contribution is -2.26. The van der Waals surface area contributed by atoms with Crippen molar-refractivity contribution in [1.29, 1.82) is 0 Å². The minimum absolute atomic E-state index is 0.0545. The first kappa shape index (κ1) is 11.9. The van der Waals surface area contributed by atoms with E-state index in [9.17, 15) is 9.59 Å². The number of carbonyl (C=O) groups excluding carboxylic acids is 2. The monoisotopic (exact) mass is 301 g/mol. The van der Waals surface area contributed by atoms with Crippen molar-refractivity contribution >= 4 is 33.3 Å². The molecule has 6 nitrogen and oxygen atoms in total. The summed E-state index contributed by atoms with van der Waals surface area (Å²) in [4.78, 5) is 26.9. The third-order valence-corrected chi connectivity index (χ3v) is 2.72. The van der Waals surface area contributed by atoms with E-state index in [0.29, 0.717) is 5.69 Å². The molecule has 0 aromatic heterocycles. The first-order valence-corrected chi connectivity index (χ1v) is 5.79. The number of Topliss-reactive ketones (excluding diaryl/α,β-unsaturated/α-hetero) is 1. The highest BCUT2D eigenvalue weighted by molar-refractivity contribution is 9.09. The molecule has 0 unspecified atom stereocenters. The van der Waals surface area contributed by atoms with Crippen molar-refractivity contribution in [3.05, 3.63) is 17.7 Å². The van der Waals surface area contributed by atoms with Crippen LogP contribution in [0.4, 0.5) is 5.69 Å². The minimum Gasteiger partial charge on any atom is -0.481 e. The number of nitrogens with one attached hydrogen (secondary N) is 1. The van der Waals surface area contributed by atoms with E-state index in [2.05, 4.69) is 26.1 Å². The molecule has 7 heteroatoms. The van der Waals surface area contributed by atoms with E-state index < -0.39 is 0 Å². The normalized spacial score (nSPS) is 13.4. The molecule has 0 fully saturated rings. The van der Waals surface area contributed by atoms with Crippen LogP contribution in [-0.4, -0.2) is 28.9 Å². The molecule has 0 spiro atoms.